The van der Waals surface area contributed by atoms with Gasteiger partial charge < -0.3 is 10.6 Å². The third-order valence-corrected chi connectivity index (χ3v) is 5.08. The number of fused-ring (bicyclic) bond motifs is 1. The molecule has 1 aromatic heterocycles. The Hall–Kier alpha value is -2.99. The van der Waals surface area contributed by atoms with Crippen LogP contribution in [-0.4, -0.2) is 35.0 Å². The fourth-order valence-electron chi connectivity index (χ4n) is 3.67. The van der Waals surface area contributed by atoms with E-state index in [0.29, 0.717) is 0 Å². The van der Waals surface area contributed by atoms with E-state index in [2.05, 4.69) is 20.5 Å². The number of pyridine rings is 1. The van der Waals surface area contributed by atoms with Crippen molar-refractivity contribution >= 4 is 22.5 Å². The number of nitrogens with one attached hydrogen (secondary N) is 2. The van der Waals surface area contributed by atoms with E-state index in [4.69, 9.17) is 0 Å². The highest BCUT2D eigenvalue weighted by molar-refractivity contribution is 6.01. The van der Waals surface area contributed by atoms with Crippen LogP contribution in [0.4, 0.5) is 14.9 Å². The number of hydrogen-bond acceptors (Lipinski definition) is 3. The molecule has 2 N–H and O–H groups in total. The van der Waals surface area contributed by atoms with Gasteiger partial charge in [-0.15, -0.1) is 0 Å². The summed E-state index contributed by atoms with van der Waals surface area (Å²) in [5, 5.41) is 8.01. The molecule has 2 amide bonds. The van der Waals surface area contributed by atoms with Gasteiger partial charge in [0, 0.05) is 48.3 Å². The van der Waals surface area contributed by atoms with Crippen LogP contribution in [0, 0.1) is 12.7 Å². The van der Waals surface area contributed by atoms with Crippen molar-refractivity contribution in [1.82, 2.24) is 15.2 Å². The smallest absolute Gasteiger partial charge is 0.319 e. The van der Waals surface area contributed by atoms with Crippen molar-refractivity contribution in [3.05, 3.63) is 71.8 Å². The molecule has 5 nitrogen and oxygen atoms in total. The van der Waals surface area contributed by atoms with E-state index in [0.717, 1.165) is 53.8 Å². The van der Waals surface area contributed by atoms with Crippen LogP contribution in [-0.2, 0) is 6.54 Å². The van der Waals surface area contributed by atoms with Crippen LogP contribution in [0.2, 0.25) is 0 Å². The van der Waals surface area contributed by atoms with Crippen molar-refractivity contribution in [1.29, 1.82) is 0 Å². The number of rotatable bonds is 4. The number of hydrogen-bond donors (Lipinski definition) is 2. The maximum Gasteiger partial charge on any atom is 0.319 e. The summed E-state index contributed by atoms with van der Waals surface area (Å²) in [6, 6.07) is 14.2. The Labute approximate surface area is 163 Å². The van der Waals surface area contributed by atoms with Crippen LogP contribution < -0.4 is 10.6 Å². The number of benzene rings is 2. The molecule has 0 aliphatic carbocycles. The Morgan fingerprint density at radius 2 is 2.07 bits per heavy atom. The fourth-order valence-corrected chi connectivity index (χ4v) is 3.67. The second kappa shape index (κ2) is 7.94. The maximum absolute atomic E-state index is 13.0. The molecule has 2 heterocycles. The van der Waals surface area contributed by atoms with Crippen LogP contribution in [0.5, 0.6) is 0 Å². The maximum atomic E-state index is 13.0. The van der Waals surface area contributed by atoms with Gasteiger partial charge in [-0.1, -0.05) is 24.3 Å². The van der Waals surface area contributed by atoms with Gasteiger partial charge in [-0.25, -0.2) is 9.18 Å². The van der Waals surface area contributed by atoms with Crippen LogP contribution in [0.3, 0.4) is 0 Å². The lowest BCUT2D eigenvalue weighted by Crippen LogP contribution is -2.39. The number of urea groups is 1. The van der Waals surface area contributed by atoms with Gasteiger partial charge in [0.05, 0.1) is 5.69 Å². The zero-order valence-corrected chi connectivity index (χ0v) is 15.8. The van der Waals surface area contributed by atoms with E-state index in [1.165, 1.54) is 12.1 Å². The molecule has 4 rings (SSSR count). The van der Waals surface area contributed by atoms with Crippen molar-refractivity contribution in [2.45, 2.75) is 25.9 Å². The number of nitrogens with zero attached hydrogens (tertiary/aromatic N) is 2. The van der Waals surface area contributed by atoms with Gasteiger partial charge in [-0.3, -0.25) is 9.88 Å². The molecular formula is C22H23FN4O. The first-order valence-corrected chi connectivity index (χ1v) is 9.46. The SMILES string of the molecule is Cc1cc2c(NC(=O)NC3CCN(Cc4ccc(F)cc4)C3)cccc2cn1. The van der Waals surface area contributed by atoms with Crippen LogP contribution >= 0.6 is 0 Å². The van der Waals surface area contributed by atoms with Crippen molar-refractivity contribution in [3.63, 3.8) is 0 Å². The molecule has 1 atom stereocenters. The number of carbonyl (C=O) groups is 1. The van der Waals surface area contributed by atoms with Gasteiger partial charge in [-0.05, 0) is 43.2 Å². The molecular weight excluding hydrogens is 355 g/mol. The monoisotopic (exact) mass is 378 g/mol. The van der Waals surface area contributed by atoms with Gasteiger partial charge >= 0.3 is 6.03 Å². The number of aryl methyl sites for hydroxylation is 1. The summed E-state index contributed by atoms with van der Waals surface area (Å²) in [5.74, 6) is -0.221. The lowest BCUT2D eigenvalue weighted by molar-refractivity contribution is 0.247. The molecule has 144 valence electrons. The molecule has 0 bridgehead atoms. The zero-order chi connectivity index (χ0) is 19.5. The average molecular weight is 378 g/mol. The number of carbonyl (C=O) groups excluding carboxylic acids is 1. The largest absolute Gasteiger partial charge is 0.334 e. The van der Waals surface area contributed by atoms with Crippen molar-refractivity contribution in [3.8, 4) is 0 Å². The Morgan fingerprint density at radius 1 is 1.25 bits per heavy atom. The van der Waals surface area contributed by atoms with Crippen LogP contribution in [0.25, 0.3) is 10.8 Å². The van der Waals surface area contributed by atoms with Gasteiger partial charge in [0.2, 0.25) is 0 Å². The molecule has 1 unspecified atom stereocenters. The molecule has 0 spiro atoms. The standard InChI is InChI=1S/C22H23FN4O/c1-15-11-20-17(12-24-15)3-2-4-21(20)26-22(28)25-19-9-10-27(14-19)13-16-5-7-18(23)8-6-16/h2-8,11-12,19H,9-10,13-14H2,1H3,(H2,25,26,28). The minimum Gasteiger partial charge on any atom is -0.334 e. The molecule has 2 aromatic carbocycles. The lowest BCUT2D eigenvalue weighted by atomic mass is 10.1. The van der Waals surface area contributed by atoms with Crippen molar-refractivity contribution in [2.24, 2.45) is 0 Å². The summed E-state index contributed by atoms with van der Waals surface area (Å²) in [6.45, 7) is 4.38. The number of amides is 2. The second-order valence-electron chi connectivity index (χ2n) is 7.30. The lowest BCUT2D eigenvalue weighted by Gasteiger charge is -2.17. The number of likely N-dealkylation sites (tertiary alicyclic amines) is 1. The van der Waals surface area contributed by atoms with Crippen molar-refractivity contribution in [2.75, 3.05) is 18.4 Å². The minimum atomic E-state index is -0.221. The first-order valence-electron chi connectivity index (χ1n) is 9.46. The average Bonchev–Trinajstić information content (AvgIpc) is 3.11. The molecule has 28 heavy (non-hydrogen) atoms. The molecule has 0 saturated carbocycles. The van der Waals surface area contributed by atoms with E-state index in [-0.39, 0.29) is 17.9 Å². The number of anilines is 1. The summed E-state index contributed by atoms with van der Waals surface area (Å²) >= 11 is 0. The Kier molecular flexibility index (Phi) is 5.21. The molecule has 0 radical (unpaired) electrons. The van der Waals surface area contributed by atoms with E-state index in [1.807, 2.05) is 37.4 Å². The first-order chi connectivity index (χ1) is 13.6. The third kappa shape index (κ3) is 4.28. The summed E-state index contributed by atoms with van der Waals surface area (Å²) < 4.78 is 13.0. The van der Waals surface area contributed by atoms with E-state index < -0.39 is 0 Å². The fraction of sp³-hybridized carbons (Fsp3) is 0.273. The Morgan fingerprint density at radius 3 is 2.89 bits per heavy atom. The summed E-state index contributed by atoms with van der Waals surface area (Å²) in [4.78, 5) is 19.1. The molecule has 1 saturated heterocycles. The first kappa shape index (κ1) is 18.4. The van der Waals surface area contributed by atoms with Gasteiger partial charge in [0.1, 0.15) is 5.82 Å². The highest BCUT2D eigenvalue weighted by Crippen LogP contribution is 2.23. The van der Waals surface area contributed by atoms with E-state index in [9.17, 15) is 9.18 Å². The summed E-state index contributed by atoms with van der Waals surface area (Å²) in [5.41, 5.74) is 2.77. The molecule has 6 heteroatoms. The zero-order valence-electron chi connectivity index (χ0n) is 15.8. The number of halogens is 1. The minimum absolute atomic E-state index is 0.0961. The van der Waals surface area contributed by atoms with Crippen LogP contribution in [0.15, 0.2) is 54.7 Å². The highest BCUT2D eigenvalue weighted by Gasteiger charge is 2.24. The molecule has 1 aliphatic heterocycles. The second-order valence-corrected chi connectivity index (χ2v) is 7.30. The highest BCUT2D eigenvalue weighted by atomic mass is 19.1. The predicted octanol–water partition coefficient (Wildman–Crippen LogP) is 4.08. The normalized spacial score (nSPS) is 17.0. The molecule has 3 aromatic rings. The van der Waals surface area contributed by atoms with Crippen molar-refractivity contribution < 1.29 is 9.18 Å². The quantitative estimate of drug-likeness (QED) is 0.719. The topological polar surface area (TPSA) is 57.3 Å². The van der Waals surface area contributed by atoms with Gasteiger partial charge in [0.25, 0.3) is 0 Å². The van der Waals surface area contributed by atoms with Gasteiger partial charge in [-0.2, -0.15) is 0 Å². The Balaban J connectivity index is 1.35. The number of aromatic nitrogens is 1. The van der Waals surface area contributed by atoms with E-state index in [1.54, 1.807) is 12.1 Å². The summed E-state index contributed by atoms with van der Waals surface area (Å²) in [7, 11) is 0. The Bertz CT molecular complexity index is 989. The van der Waals surface area contributed by atoms with Crippen LogP contribution in [0.1, 0.15) is 17.7 Å². The van der Waals surface area contributed by atoms with Gasteiger partial charge in [0.15, 0.2) is 0 Å². The predicted molar refractivity (Wildman–Crippen MR) is 109 cm³/mol. The third-order valence-electron chi connectivity index (χ3n) is 5.08. The molecule has 1 fully saturated rings. The molecule has 1 aliphatic rings. The summed E-state index contributed by atoms with van der Waals surface area (Å²) in [6.07, 6.45) is 2.71. The van der Waals surface area contributed by atoms with E-state index >= 15 is 0 Å².